The Kier molecular flexibility index (Phi) is 6.34. The SMILES string of the molecule is COc1ccccc1CNC(=S)N1CCC(c2ccccc2OC)CC1. The molecule has 1 saturated heterocycles. The summed E-state index contributed by atoms with van der Waals surface area (Å²) in [5.74, 6) is 2.40. The Hall–Kier alpha value is -2.27. The van der Waals surface area contributed by atoms with E-state index in [2.05, 4.69) is 28.4 Å². The molecule has 2 aromatic carbocycles. The van der Waals surface area contributed by atoms with Crippen LogP contribution in [0.15, 0.2) is 48.5 Å². The summed E-state index contributed by atoms with van der Waals surface area (Å²) in [6.07, 6.45) is 2.16. The summed E-state index contributed by atoms with van der Waals surface area (Å²) in [7, 11) is 3.44. The molecule has 5 heteroatoms. The van der Waals surface area contributed by atoms with Gasteiger partial charge in [0.05, 0.1) is 14.2 Å². The van der Waals surface area contributed by atoms with Gasteiger partial charge in [-0.15, -0.1) is 0 Å². The van der Waals surface area contributed by atoms with Crippen molar-refractivity contribution in [1.82, 2.24) is 10.2 Å². The van der Waals surface area contributed by atoms with Crippen LogP contribution in [0.25, 0.3) is 0 Å². The van der Waals surface area contributed by atoms with E-state index < -0.39 is 0 Å². The first-order valence-electron chi connectivity index (χ1n) is 9.00. The first-order valence-corrected chi connectivity index (χ1v) is 9.41. The van der Waals surface area contributed by atoms with Gasteiger partial charge < -0.3 is 19.7 Å². The van der Waals surface area contributed by atoms with Crippen LogP contribution in [0.5, 0.6) is 11.5 Å². The van der Waals surface area contributed by atoms with E-state index in [0.29, 0.717) is 12.5 Å². The Bertz CT molecular complexity index is 742. The molecule has 1 aliphatic heterocycles. The molecule has 1 aliphatic rings. The Balaban J connectivity index is 1.54. The van der Waals surface area contributed by atoms with Crippen LogP contribution in [0.4, 0.5) is 0 Å². The maximum absolute atomic E-state index is 5.61. The summed E-state index contributed by atoms with van der Waals surface area (Å²) in [5.41, 5.74) is 2.42. The second kappa shape index (κ2) is 8.90. The van der Waals surface area contributed by atoms with Crippen molar-refractivity contribution in [1.29, 1.82) is 0 Å². The topological polar surface area (TPSA) is 33.7 Å². The number of nitrogens with one attached hydrogen (secondary N) is 1. The highest BCUT2D eigenvalue weighted by Gasteiger charge is 2.24. The zero-order valence-electron chi connectivity index (χ0n) is 15.4. The molecular weight excluding hydrogens is 344 g/mol. The molecule has 3 rings (SSSR count). The number of rotatable bonds is 5. The molecule has 4 nitrogen and oxygen atoms in total. The lowest BCUT2D eigenvalue weighted by Crippen LogP contribution is -2.43. The van der Waals surface area contributed by atoms with Gasteiger partial charge in [0.1, 0.15) is 11.5 Å². The molecule has 0 bridgehead atoms. The van der Waals surface area contributed by atoms with Crippen LogP contribution in [0.1, 0.15) is 29.9 Å². The van der Waals surface area contributed by atoms with Crippen LogP contribution in [0.2, 0.25) is 0 Å². The zero-order valence-corrected chi connectivity index (χ0v) is 16.2. The van der Waals surface area contributed by atoms with Crippen molar-refractivity contribution >= 4 is 17.3 Å². The highest BCUT2D eigenvalue weighted by atomic mass is 32.1. The Morgan fingerprint density at radius 3 is 2.31 bits per heavy atom. The average molecular weight is 371 g/mol. The third-order valence-corrected chi connectivity index (χ3v) is 5.39. The van der Waals surface area contributed by atoms with Crippen molar-refractivity contribution in [2.24, 2.45) is 0 Å². The summed E-state index contributed by atoms with van der Waals surface area (Å²) >= 11 is 5.61. The van der Waals surface area contributed by atoms with Gasteiger partial charge in [-0.3, -0.25) is 0 Å². The van der Waals surface area contributed by atoms with Crippen LogP contribution in [0.3, 0.4) is 0 Å². The van der Waals surface area contributed by atoms with Gasteiger partial charge in [0.25, 0.3) is 0 Å². The second-order valence-electron chi connectivity index (χ2n) is 6.47. The molecule has 0 amide bonds. The van der Waals surface area contributed by atoms with Gasteiger partial charge in [-0.2, -0.15) is 0 Å². The van der Waals surface area contributed by atoms with E-state index in [1.54, 1.807) is 14.2 Å². The zero-order chi connectivity index (χ0) is 18.4. The molecular formula is C21H26N2O2S. The molecule has 0 saturated carbocycles. The predicted molar refractivity (Wildman–Crippen MR) is 109 cm³/mol. The highest BCUT2D eigenvalue weighted by molar-refractivity contribution is 7.80. The minimum absolute atomic E-state index is 0.527. The van der Waals surface area contributed by atoms with Gasteiger partial charge in [-0.25, -0.2) is 0 Å². The molecule has 1 N–H and O–H groups in total. The molecule has 0 spiro atoms. The third kappa shape index (κ3) is 4.28. The standard InChI is InChI=1S/C21H26N2O2S/c1-24-19-9-5-3-7-17(19)15-22-21(26)23-13-11-16(12-14-23)18-8-4-6-10-20(18)25-2/h3-10,16H,11-15H2,1-2H3,(H,22,26). The minimum atomic E-state index is 0.527. The maximum atomic E-state index is 5.61. The van der Waals surface area contributed by atoms with Crippen molar-refractivity contribution in [3.63, 3.8) is 0 Å². The first kappa shape index (κ1) is 18.5. The van der Waals surface area contributed by atoms with E-state index in [4.69, 9.17) is 21.7 Å². The fourth-order valence-corrected chi connectivity index (χ4v) is 3.78. The molecule has 26 heavy (non-hydrogen) atoms. The van der Waals surface area contributed by atoms with Crippen molar-refractivity contribution in [2.45, 2.75) is 25.3 Å². The van der Waals surface area contributed by atoms with Gasteiger partial charge in [-0.1, -0.05) is 36.4 Å². The lowest BCUT2D eigenvalue weighted by atomic mass is 9.89. The molecule has 1 fully saturated rings. The van der Waals surface area contributed by atoms with E-state index in [9.17, 15) is 0 Å². The molecule has 1 heterocycles. The first-order chi connectivity index (χ1) is 12.7. The largest absolute Gasteiger partial charge is 0.496 e. The van der Waals surface area contributed by atoms with Crippen LogP contribution in [-0.2, 0) is 6.54 Å². The van der Waals surface area contributed by atoms with Crippen molar-refractivity contribution in [3.05, 3.63) is 59.7 Å². The number of ether oxygens (including phenoxy) is 2. The number of benzene rings is 2. The lowest BCUT2D eigenvalue weighted by molar-refractivity contribution is 0.303. The van der Waals surface area contributed by atoms with Gasteiger partial charge >= 0.3 is 0 Å². The highest BCUT2D eigenvalue weighted by Crippen LogP contribution is 2.34. The smallest absolute Gasteiger partial charge is 0.169 e. The molecule has 0 atom stereocenters. The van der Waals surface area contributed by atoms with Crippen LogP contribution in [0, 0.1) is 0 Å². The monoisotopic (exact) mass is 370 g/mol. The Labute approximate surface area is 161 Å². The number of methoxy groups -OCH3 is 2. The number of hydrogen-bond donors (Lipinski definition) is 1. The predicted octanol–water partition coefficient (Wildman–Crippen LogP) is 3.96. The van der Waals surface area contributed by atoms with E-state index in [1.807, 2.05) is 30.3 Å². The number of hydrogen-bond acceptors (Lipinski definition) is 3. The second-order valence-corrected chi connectivity index (χ2v) is 6.86. The third-order valence-electron chi connectivity index (χ3n) is 4.98. The van der Waals surface area contributed by atoms with E-state index >= 15 is 0 Å². The molecule has 0 unspecified atom stereocenters. The number of nitrogens with zero attached hydrogens (tertiary/aromatic N) is 1. The fraction of sp³-hybridized carbons (Fsp3) is 0.381. The number of piperidine rings is 1. The normalized spacial score (nSPS) is 14.8. The molecule has 0 aromatic heterocycles. The van der Waals surface area contributed by atoms with E-state index in [0.717, 1.165) is 48.1 Å². The average Bonchev–Trinajstić information content (AvgIpc) is 2.72. The van der Waals surface area contributed by atoms with Gasteiger partial charge in [0, 0.05) is 25.2 Å². The Morgan fingerprint density at radius 2 is 1.62 bits per heavy atom. The summed E-state index contributed by atoms with van der Waals surface area (Å²) in [4.78, 5) is 2.26. The molecule has 138 valence electrons. The maximum Gasteiger partial charge on any atom is 0.169 e. The number of para-hydroxylation sites is 2. The number of likely N-dealkylation sites (tertiary alicyclic amines) is 1. The summed E-state index contributed by atoms with van der Waals surface area (Å²) < 4.78 is 10.9. The fourth-order valence-electron chi connectivity index (χ4n) is 3.53. The van der Waals surface area contributed by atoms with E-state index in [1.165, 1.54) is 5.56 Å². The number of thiocarbonyl (C=S) groups is 1. The van der Waals surface area contributed by atoms with Gasteiger partial charge in [-0.05, 0) is 48.7 Å². The summed E-state index contributed by atoms with van der Waals surface area (Å²) in [6.45, 7) is 2.59. The van der Waals surface area contributed by atoms with Gasteiger partial charge in [0.15, 0.2) is 5.11 Å². The van der Waals surface area contributed by atoms with Crippen molar-refractivity contribution in [2.75, 3.05) is 27.3 Å². The molecule has 2 aromatic rings. The van der Waals surface area contributed by atoms with Crippen molar-refractivity contribution in [3.8, 4) is 11.5 Å². The van der Waals surface area contributed by atoms with Crippen LogP contribution >= 0.6 is 12.2 Å². The van der Waals surface area contributed by atoms with Crippen LogP contribution in [-0.4, -0.2) is 37.3 Å². The molecule has 0 radical (unpaired) electrons. The summed E-state index contributed by atoms with van der Waals surface area (Å²) in [6, 6.07) is 16.3. The van der Waals surface area contributed by atoms with Crippen LogP contribution < -0.4 is 14.8 Å². The quantitative estimate of drug-likeness (QED) is 0.806. The minimum Gasteiger partial charge on any atom is -0.496 e. The molecule has 0 aliphatic carbocycles. The lowest BCUT2D eigenvalue weighted by Gasteiger charge is -2.34. The van der Waals surface area contributed by atoms with Crippen molar-refractivity contribution < 1.29 is 9.47 Å². The summed E-state index contributed by atoms with van der Waals surface area (Å²) in [5, 5.41) is 4.19. The Morgan fingerprint density at radius 1 is 1.00 bits per heavy atom. The van der Waals surface area contributed by atoms with E-state index in [-0.39, 0.29) is 0 Å². The van der Waals surface area contributed by atoms with Gasteiger partial charge in [0.2, 0.25) is 0 Å².